The molecule has 0 heterocycles. The maximum atomic E-state index is 3.70. The maximum absolute atomic E-state index is 3.70. The molecule has 2 aromatic rings. The van der Waals surface area contributed by atoms with Crippen molar-refractivity contribution in [3.8, 4) is 0 Å². The van der Waals surface area contributed by atoms with E-state index >= 15 is 0 Å². The molecule has 1 N–H and O–H groups in total. The molecule has 1 unspecified atom stereocenters. The van der Waals surface area contributed by atoms with Gasteiger partial charge in [-0.1, -0.05) is 44.8 Å². The molecule has 2 aromatic carbocycles. The quantitative estimate of drug-likeness (QED) is 0.476. The van der Waals surface area contributed by atoms with Gasteiger partial charge in [0.05, 0.1) is 6.04 Å². The molecule has 0 radical (unpaired) electrons. The summed E-state index contributed by atoms with van der Waals surface area (Å²) in [4.78, 5) is 0. The minimum absolute atomic E-state index is 0.200. The summed E-state index contributed by atoms with van der Waals surface area (Å²) in [7, 11) is 0. The highest BCUT2D eigenvalue weighted by molar-refractivity contribution is 14.1. The minimum Gasteiger partial charge on any atom is -0.306 e. The first kappa shape index (κ1) is 17.4. The lowest BCUT2D eigenvalue weighted by molar-refractivity contribution is 0.625. The van der Waals surface area contributed by atoms with Gasteiger partial charge in [0.1, 0.15) is 0 Å². The third-order valence-corrected chi connectivity index (χ3v) is 5.78. The zero-order valence-electron chi connectivity index (χ0n) is 12.3. The molecule has 112 valence electrons. The molecule has 0 aliphatic carbocycles. The molecule has 0 amide bonds. The smallest absolute Gasteiger partial charge is 0.0590 e. The monoisotopic (exact) mass is 521 g/mol. The van der Waals surface area contributed by atoms with E-state index in [9.17, 15) is 0 Å². The second-order valence-electron chi connectivity index (χ2n) is 5.11. The topological polar surface area (TPSA) is 12.0 Å². The van der Waals surface area contributed by atoms with Crippen molar-refractivity contribution in [2.75, 3.05) is 6.54 Å². The van der Waals surface area contributed by atoms with Crippen molar-refractivity contribution in [1.29, 1.82) is 0 Å². The summed E-state index contributed by atoms with van der Waals surface area (Å²) in [6.45, 7) is 7.39. The van der Waals surface area contributed by atoms with Crippen molar-refractivity contribution in [1.82, 2.24) is 5.32 Å². The molecule has 1 nitrogen and oxygen atoms in total. The van der Waals surface area contributed by atoms with E-state index in [1.807, 2.05) is 0 Å². The summed E-state index contributed by atoms with van der Waals surface area (Å²) in [6, 6.07) is 11.2. The normalized spacial score (nSPS) is 12.5. The average Bonchev–Trinajstić information content (AvgIpc) is 2.43. The molecule has 1 atom stereocenters. The lowest BCUT2D eigenvalue weighted by Gasteiger charge is -2.23. The summed E-state index contributed by atoms with van der Waals surface area (Å²) in [5, 5.41) is 3.62. The Kier molecular flexibility index (Phi) is 6.29. The van der Waals surface area contributed by atoms with Gasteiger partial charge in [-0.25, -0.2) is 0 Å². The number of nitrogens with one attached hydrogen (secondary N) is 1. The summed E-state index contributed by atoms with van der Waals surface area (Å²) in [6.07, 6.45) is 0. The Balaban J connectivity index is 2.58. The molecular weight excluding hydrogens is 505 g/mol. The summed E-state index contributed by atoms with van der Waals surface area (Å²) < 4.78 is 3.56. The summed E-state index contributed by atoms with van der Waals surface area (Å²) in [5.41, 5.74) is 5.18. The number of hydrogen-bond acceptors (Lipinski definition) is 1. The Morgan fingerprint density at radius 2 is 1.71 bits per heavy atom. The fraction of sp³-hybridized carbons (Fsp3) is 0.294. The van der Waals surface area contributed by atoms with E-state index in [2.05, 4.69) is 111 Å². The molecule has 2 rings (SSSR count). The highest BCUT2D eigenvalue weighted by Crippen LogP contribution is 2.33. The van der Waals surface area contributed by atoms with Crippen molar-refractivity contribution in [2.45, 2.75) is 26.8 Å². The maximum Gasteiger partial charge on any atom is 0.0590 e. The van der Waals surface area contributed by atoms with E-state index in [1.165, 1.54) is 30.3 Å². The predicted octanol–water partition coefficient (Wildman–Crippen LogP) is 6.13. The van der Waals surface area contributed by atoms with Gasteiger partial charge in [0.25, 0.3) is 0 Å². The molecule has 0 aliphatic heterocycles. The van der Waals surface area contributed by atoms with Crippen LogP contribution in [0.4, 0.5) is 0 Å². The van der Waals surface area contributed by atoms with Crippen LogP contribution in [0.1, 0.15) is 35.2 Å². The molecule has 0 aliphatic rings. The van der Waals surface area contributed by atoms with Gasteiger partial charge in [-0.2, -0.15) is 0 Å². The first-order valence-corrected chi connectivity index (χ1v) is 9.55. The van der Waals surface area contributed by atoms with Crippen LogP contribution in [0.15, 0.2) is 39.3 Å². The van der Waals surface area contributed by atoms with E-state index in [4.69, 9.17) is 0 Å². The van der Waals surface area contributed by atoms with Crippen molar-refractivity contribution in [2.24, 2.45) is 0 Å². The first-order chi connectivity index (χ1) is 9.93. The molecule has 0 saturated heterocycles. The first-order valence-electron chi connectivity index (χ1n) is 6.89. The molecule has 4 heteroatoms. The zero-order valence-corrected chi connectivity index (χ0v) is 17.6. The van der Waals surface area contributed by atoms with Crippen LogP contribution in [0.5, 0.6) is 0 Å². The van der Waals surface area contributed by atoms with Crippen LogP contribution >= 0.6 is 54.5 Å². The van der Waals surface area contributed by atoms with Crippen LogP contribution in [0, 0.1) is 17.4 Å². The van der Waals surface area contributed by atoms with E-state index in [1.54, 1.807) is 0 Å². The van der Waals surface area contributed by atoms with Crippen LogP contribution in [0.2, 0.25) is 0 Å². The van der Waals surface area contributed by atoms with Crippen molar-refractivity contribution in [3.05, 3.63) is 65.1 Å². The Hall–Kier alpha value is 0.0900. The van der Waals surface area contributed by atoms with Gasteiger partial charge < -0.3 is 5.32 Å². The molecule has 0 spiro atoms. The highest BCUT2D eigenvalue weighted by atomic mass is 127. The lowest BCUT2D eigenvalue weighted by atomic mass is 9.93. The van der Waals surface area contributed by atoms with E-state index in [0.29, 0.717) is 0 Å². The van der Waals surface area contributed by atoms with E-state index in [-0.39, 0.29) is 6.04 Å². The van der Waals surface area contributed by atoms with Gasteiger partial charge in [-0.3, -0.25) is 0 Å². The molecular formula is C17H18Br2IN. The average molecular weight is 523 g/mol. The minimum atomic E-state index is 0.200. The Morgan fingerprint density at radius 1 is 1.00 bits per heavy atom. The van der Waals surface area contributed by atoms with Crippen molar-refractivity contribution in [3.63, 3.8) is 0 Å². The summed E-state index contributed by atoms with van der Waals surface area (Å²) >= 11 is 9.69. The highest BCUT2D eigenvalue weighted by Gasteiger charge is 2.19. The molecule has 0 bridgehead atoms. The van der Waals surface area contributed by atoms with Crippen LogP contribution in [0.3, 0.4) is 0 Å². The van der Waals surface area contributed by atoms with Crippen LogP contribution in [0.25, 0.3) is 0 Å². The van der Waals surface area contributed by atoms with Gasteiger partial charge in [-0.05, 0) is 89.5 Å². The largest absolute Gasteiger partial charge is 0.306 e. The number of aryl methyl sites for hydroxylation is 2. The standard InChI is InChI=1S/C17H18Br2IN/c1-4-21-17(14-9-12(20)5-6-15(14)18)13-7-11(3)16(19)8-10(13)2/h5-9,17,21H,4H2,1-3H3. The van der Waals surface area contributed by atoms with Crippen LogP contribution in [-0.2, 0) is 0 Å². The Labute approximate surface area is 157 Å². The third kappa shape index (κ3) is 4.09. The van der Waals surface area contributed by atoms with Crippen molar-refractivity contribution >= 4 is 54.5 Å². The van der Waals surface area contributed by atoms with Crippen LogP contribution in [-0.4, -0.2) is 6.54 Å². The molecule has 0 saturated carbocycles. The molecule has 21 heavy (non-hydrogen) atoms. The fourth-order valence-corrected chi connectivity index (χ4v) is 3.89. The van der Waals surface area contributed by atoms with Gasteiger partial charge in [0, 0.05) is 12.5 Å². The van der Waals surface area contributed by atoms with Crippen LogP contribution < -0.4 is 5.32 Å². The van der Waals surface area contributed by atoms with E-state index in [0.717, 1.165) is 11.0 Å². The van der Waals surface area contributed by atoms with Gasteiger partial charge in [0.2, 0.25) is 0 Å². The Bertz CT molecular complexity index is 655. The zero-order chi connectivity index (χ0) is 15.6. The van der Waals surface area contributed by atoms with Crippen molar-refractivity contribution < 1.29 is 0 Å². The van der Waals surface area contributed by atoms with Gasteiger partial charge in [-0.15, -0.1) is 0 Å². The lowest BCUT2D eigenvalue weighted by Crippen LogP contribution is -2.23. The third-order valence-electron chi connectivity index (χ3n) is 3.54. The number of halogens is 3. The fourth-order valence-electron chi connectivity index (χ4n) is 2.44. The van der Waals surface area contributed by atoms with Gasteiger partial charge >= 0.3 is 0 Å². The second-order valence-corrected chi connectivity index (χ2v) is 8.07. The Morgan fingerprint density at radius 3 is 2.38 bits per heavy atom. The molecule has 0 aromatic heterocycles. The number of rotatable bonds is 4. The number of hydrogen-bond donors (Lipinski definition) is 1. The SMILES string of the molecule is CCNC(c1cc(C)c(Br)cc1C)c1cc(I)ccc1Br. The summed E-state index contributed by atoms with van der Waals surface area (Å²) in [5.74, 6) is 0. The van der Waals surface area contributed by atoms with E-state index < -0.39 is 0 Å². The number of benzene rings is 2. The predicted molar refractivity (Wildman–Crippen MR) is 106 cm³/mol. The molecule has 0 fully saturated rings. The van der Waals surface area contributed by atoms with Gasteiger partial charge in [0.15, 0.2) is 0 Å². The second kappa shape index (κ2) is 7.57.